The number of piperazine rings is 1. The van der Waals surface area contributed by atoms with E-state index in [1.165, 1.54) is 18.2 Å². The summed E-state index contributed by atoms with van der Waals surface area (Å²) in [5, 5.41) is 20.1. The Morgan fingerprint density at radius 1 is 1.42 bits per heavy atom. The van der Waals surface area contributed by atoms with Crippen molar-refractivity contribution in [1.29, 1.82) is 0 Å². The van der Waals surface area contributed by atoms with Gasteiger partial charge in [-0.15, -0.1) is 0 Å². The molecule has 1 saturated heterocycles. The van der Waals surface area contributed by atoms with Crippen molar-refractivity contribution < 1.29 is 24.1 Å². The van der Waals surface area contributed by atoms with Gasteiger partial charge in [0.2, 0.25) is 0 Å². The maximum atomic E-state index is 13.3. The van der Waals surface area contributed by atoms with Crippen molar-refractivity contribution in [3.05, 3.63) is 34.6 Å². The summed E-state index contributed by atoms with van der Waals surface area (Å²) in [7, 11) is 0. The van der Waals surface area contributed by atoms with Crippen LogP contribution in [0, 0.1) is 5.82 Å². The van der Waals surface area contributed by atoms with Gasteiger partial charge in [-0.3, -0.25) is 4.90 Å². The van der Waals surface area contributed by atoms with Crippen LogP contribution < -0.4 is 0 Å². The fourth-order valence-electron chi connectivity index (χ4n) is 2.85. The Morgan fingerprint density at radius 2 is 2.12 bits per heavy atom. The minimum Gasteiger partial charge on any atom is -0.444 e. The highest BCUT2D eigenvalue weighted by molar-refractivity contribution is 6.30. The van der Waals surface area contributed by atoms with Crippen LogP contribution in [-0.4, -0.2) is 70.5 Å². The van der Waals surface area contributed by atoms with E-state index >= 15 is 0 Å². The smallest absolute Gasteiger partial charge is 0.410 e. The van der Waals surface area contributed by atoms with Crippen molar-refractivity contribution in [3.8, 4) is 0 Å². The molecular weight excluding hydrogens is 363 g/mol. The molecule has 1 aromatic carbocycles. The molecule has 0 radical (unpaired) electrons. The van der Waals surface area contributed by atoms with Crippen LogP contribution in [-0.2, 0) is 4.74 Å². The SMILES string of the molecule is CC(C)(C)OC(=O)N1CCN(CC(O)c2ccc(F)c(Cl)c2)[C@H](CO)C1. The number of benzene rings is 1. The highest BCUT2D eigenvalue weighted by Gasteiger charge is 2.32. The van der Waals surface area contributed by atoms with Crippen LogP contribution in [0.3, 0.4) is 0 Å². The van der Waals surface area contributed by atoms with Gasteiger partial charge in [-0.2, -0.15) is 0 Å². The second kappa shape index (κ2) is 8.52. The van der Waals surface area contributed by atoms with Crippen molar-refractivity contribution >= 4 is 17.7 Å². The summed E-state index contributed by atoms with van der Waals surface area (Å²) in [6, 6.07) is 3.77. The number of carbonyl (C=O) groups excluding carboxylic acids is 1. The lowest BCUT2D eigenvalue weighted by Gasteiger charge is -2.41. The van der Waals surface area contributed by atoms with Gasteiger partial charge in [0.05, 0.1) is 23.8 Å². The first kappa shape index (κ1) is 20.9. The Kier molecular flexibility index (Phi) is 6.85. The molecular formula is C18H26ClFN2O4. The monoisotopic (exact) mass is 388 g/mol. The van der Waals surface area contributed by atoms with E-state index in [-0.39, 0.29) is 24.2 Å². The minimum atomic E-state index is -0.879. The number of rotatable bonds is 4. The molecule has 0 aromatic heterocycles. The van der Waals surface area contributed by atoms with Crippen LogP contribution in [0.4, 0.5) is 9.18 Å². The summed E-state index contributed by atoms with van der Waals surface area (Å²) in [4.78, 5) is 15.7. The first-order valence-corrected chi connectivity index (χ1v) is 8.94. The molecule has 8 heteroatoms. The Labute approximate surface area is 158 Å². The third kappa shape index (κ3) is 5.54. The van der Waals surface area contributed by atoms with Crippen molar-refractivity contribution in [2.24, 2.45) is 0 Å². The third-order valence-corrected chi connectivity index (χ3v) is 4.49. The van der Waals surface area contributed by atoms with Crippen LogP contribution in [0.5, 0.6) is 0 Å². The molecule has 1 aromatic rings. The number of aliphatic hydroxyl groups is 2. The fourth-order valence-corrected chi connectivity index (χ4v) is 3.03. The lowest BCUT2D eigenvalue weighted by molar-refractivity contribution is -0.0147. The Bertz CT molecular complexity index is 638. The number of β-amino-alcohol motifs (C(OH)–C–C–N with tert-alkyl or cyclic N) is 1. The van der Waals surface area contributed by atoms with Gasteiger partial charge in [0.25, 0.3) is 0 Å². The number of amides is 1. The number of carbonyl (C=O) groups is 1. The zero-order chi connectivity index (χ0) is 19.5. The van der Waals surface area contributed by atoms with Crippen molar-refractivity contribution in [3.63, 3.8) is 0 Å². The summed E-state index contributed by atoms with van der Waals surface area (Å²) < 4.78 is 18.6. The summed E-state index contributed by atoms with van der Waals surface area (Å²) in [6.45, 7) is 6.71. The molecule has 2 rings (SSSR count). The molecule has 146 valence electrons. The van der Waals surface area contributed by atoms with E-state index in [4.69, 9.17) is 16.3 Å². The van der Waals surface area contributed by atoms with E-state index in [0.717, 1.165) is 0 Å². The molecule has 2 N–H and O–H groups in total. The van der Waals surface area contributed by atoms with Gasteiger partial charge in [-0.05, 0) is 38.5 Å². The van der Waals surface area contributed by atoms with Crippen LogP contribution >= 0.6 is 11.6 Å². The Balaban J connectivity index is 1.98. The number of nitrogens with zero attached hydrogens (tertiary/aromatic N) is 2. The van der Waals surface area contributed by atoms with Gasteiger partial charge in [0.1, 0.15) is 11.4 Å². The predicted octanol–water partition coefficient (Wildman–Crippen LogP) is 2.43. The maximum Gasteiger partial charge on any atom is 0.410 e. The number of ether oxygens (including phenoxy) is 1. The van der Waals surface area contributed by atoms with Gasteiger partial charge >= 0.3 is 6.09 Å². The fraction of sp³-hybridized carbons (Fsp3) is 0.611. The number of hydrogen-bond donors (Lipinski definition) is 2. The highest BCUT2D eigenvalue weighted by Crippen LogP contribution is 2.23. The molecule has 0 bridgehead atoms. The summed E-state index contributed by atoms with van der Waals surface area (Å²) in [5.74, 6) is -0.540. The largest absolute Gasteiger partial charge is 0.444 e. The van der Waals surface area contributed by atoms with Crippen molar-refractivity contribution in [1.82, 2.24) is 9.80 Å². The number of halogens is 2. The highest BCUT2D eigenvalue weighted by atomic mass is 35.5. The van der Waals surface area contributed by atoms with Gasteiger partial charge in [0, 0.05) is 26.2 Å². The molecule has 1 aliphatic rings. The lowest BCUT2D eigenvalue weighted by Crippen LogP contribution is -2.57. The molecule has 6 nitrogen and oxygen atoms in total. The third-order valence-electron chi connectivity index (χ3n) is 4.20. The number of aliphatic hydroxyl groups excluding tert-OH is 2. The van der Waals surface area contributed by atoms with Crippen LogP contribution in [0.25, 0.3) is 0 Å². The van der Waals surface area contributed by atoms with E-state index in [0.29, 0.717) is 25.2 Å². The Morgan fingerprint density at radius 3 is 2.69 bits per heavy atom. The van der Waals surface area contributed by atoms with Gasteiger partial charge in [0.15, 0.2) is 0 Å². The van der Waals surface area contributed by atoms with E-state index in [1.807, 2.05) is 4.90 Å². The first-order valence-electron chi connectivity index (χ1n) is 8.56. The zero-order valence-electron chi connectivity index (χ0n) is 15.3. The van der Waals surface area contributed by atoms with E-state index in [1.54, 1.807) is 25.7 Å². The summed E-state index contributed by atoms with van der Waals surface area (Å²) >= 11 is 5.77. The topological polar surface area (TPSA) is 73.2 Å². The molecule has 0 aliphatic carbocycles. The minimum absolute atomic E-state index is 0.0463. The average molecular weight is 389 g/mol. The molecule has 1 unspecified atom stereocenters. The summed E-state index contributed by atoms with van der Waals surface area (Å²) in [6.07, 6.45) is -1.29. The zero-order valence-corrected chi connectivity index (χ0v) is 16.0. The van der Waals surface area contributed by atoms with Crippen LogP contribution in [0.2, 0.25) is 5.02 Å². The van der Waals surface area contributed by atoms with Gasteiger partial charge in [-0.25, -0.2) is 9.18 Å². The predicted molar refractivity (Wildman–Crippen MR) is 96.6 cm³/mol. The molecule has 26 heavy (non-hydrogen) atoms. The van der Waals surface area contributed by atoms with Crippen molar-refractivity contribution in [2.45, 2.75) is 38.5 Å². The van der Waals surface area contributed by atoms with Crippen LogP contribution in [0.15, 0.2) is 18.2 Å². The Hall–Kier alpha value is -1.41. The second-order valence-corrected chi connectivity index (χ2v) is 7.85. The summed E-state index contributed by atoms with van der Waals surface area (Å²) in [5.41, 5.74) is -0.0799. The molecule has 1 amide bonds. The lowest BCUT2D eigenvalue weighted by atomic mass is 10.1. The number of hydrogen-bond acceptors (Lipinski definition) is 5. The van der Waals surface area contributed by atoms with E-state index in [2.05, 4.69) is 0 Å². The van der Waals surface area contributed by atoms with E-state index < -0.39 is 23.6 Å². The molecule has 1 heterocycles. The quantitative estimate of drug-likeness (QED) is 0.828. The molecule has 0 saturated carbocycles. The van der Waals surface area contributed by atoms with Gasteiger partial charge in [-0.1, -0.05) is 17.7 Å². The molecule has 1 aliphatic heterocycles. The van der Waals surface area contributed by atoms with Crippen molar-refractivity contribution in [2.75, 3.05) is 32.8 Å². The van der Waals surface area contributed by atoms with Crippen LogP contribution in [0.1, 0.15) is 32.4 Å². The normalized spacial score (nSPS) is 20.1. The maximum absolute atomic E-state index is 13.3. The van der Waals surface area contributed by atoms with E-state index in [9.17, 15) is 19.4 Å². The first-order chi connectivity index (χ1) is 12.1. The molecule has 1 fully saturated rings. The molecule has 2 atom stereocenters. The molecule has 0 spiro atoms. The second-order valence-electron chi connectivity index (χ2n) is 7.45. The van der Waals surface area contributed by atoms with Gasteiger partial charge < -0.3 is 19.8 Å². The standard InChI is InChI=1S/C18H26ClFN2O4/c1-18(2,3)26-17(25)22-7-6-21(13(9-22)11-23)10-16(24)12-4-5-15(20)14(19)8-12/h4-5,8,13,16,23-24H,6-7,9-11H2,1-3H3/t13-,16?/m0/s1. The average Bonchev–Trinajstić information content (AvgIpc) is 2.56.